The highest BCUT2D eigenvalue weighted by Crippen LogP contribution is 2.27. The van der Waals surface area contributed by atoms with Crippen LogP contribution in [0.15, 0.2) is 59.1 Å². The summed E-state index contributed by atoms with van der Waals surface area (Å²) in [6.45, 7) is 2.30. The lowest BCUT2D eigenvalue weighted by molar-refractivity contribution is -0.384. The minimum Gasteiger partial charge on any atom is -0.489 e. The fourth-order valence-electron chi connectivity index (χ4n) is 3.02. The second-order valence-electron chi connectivity index (χ2n) is 7.58. The summed E-state index contributed by atoms with van der Waals surface area (Å²) in [5.41, 5.74) is 0.919. The predicted octanol–water partition coefficient (Wildman–Crippen LogP) is 4.54. The Balaban J connectivity index is 1.36. The van der Waals surface area contributed by atoms with Gasteiger partial charge in [-0.05, 0) is 42.8 Å². The second-order valence-corrected chi connectivity index (χ2v) is 9.78. The van der Waals surface area contributed by atoms with Gasteiger partial charge < -0.3 is 10.1 Å². The van der Waals surface area contributed by atoms with Gasteiger partial charge >= 0.3 is 0 Å². The third-order valence-electron chi connectivity index (χ3n) is 4.76. The number of amides is 2. The maximum atomic E-state index is 13.3. The first-order valence-electron chi connectivity index (χ1n) is 11.1. The van der Waals surface area contributed by atoms with Crippen LogP contribution in [-0.4, -0.2) is 49.1 Å². The van der Waals surface area contributed by atoms with E-state index in [1.807, 2.05) is 6.92 Å². The van der Waals surface area contributed by atoms with Crippen LogP contribution in [0.5, 0.6) is 5.75 Å². The predicted molar refractivity (Wildman–Crippen MR) is 140 cm³/mol. The topological polar surface area (TPSA) is 154 Å². The van der Waals surface area contributed by atoms with Crippen LogP contribution in [0.25, 0.3) is 5.69 Å². The zero-order chi connectivity index (χ0) is 27.1. The molecule has 2 aromatic heterocycles. The number of hydrogen-bond acceptors (Lipinski definition) is 10. The van der Waals surface area contributed by atoms with Crippen molar-refractivity contribution < 1.29 is 23.6 Å². The molecule has 0 saturated heterocycles. The molecule has 196 valence electrons. The molecule has 0 bridgehead atoms. The summed E-state index contributed by atoms with van der Waals surface area (Å²) in [5.74, 6) is -1.03. The minimum absolute atomic E-state index is 0.0106. The molecular formula is C23H20FN7O5S2. The maximum Gasteiger partial charge on any atom is 0.281 e. The van der Waals surface area contributed by atoms with Crippen LogP contribution in [0.3, 0.4) is 0 Å². The van der Waals surface area contributed by atoms with Gasteiger partial charge in [0.05, 0.1) is 29.2 Å². The highest BCUT2D eigenvalue weighted by Gasteiger charge is 2.21. The van der Waals surface area contributed by atoms with E-state index in [0.29, 0.717) is 22.3 Å². The van der Waals surface area contributed by atoms with E-state index < -0.39 is 16.6 Å². The second kappa shape index (κ2) is 12.2. The Bertz CT molecular complexity index is 1440. The Kier molecular flexibility index (Phi) is 8.60. The summed E-state index contributed by atoms with van der Waals surface area (Å²) >= 11 is 2.19. The van der Waals surface area contributed by atoms with E-state index in [0.717, 1.165) is 29.5 Å². The van der Waals surface area contributed by atoms with E-state index in [2.05, 4.69) is 25.9 Å². The van der Waals surface area contributed by atoms with Gasteiger partial charge in [0.25, 0.3) is 11.6 Å². The molecule has 0 aliphatic heterocycles. The number of thioether (sulfide) groups is 1. The average molecular weight is 558 g/mol. The Morgan fingerprint density at radius 3 is 2.55 bits per heavy atom. The van der Waals surface area contributed by atoms with Gasteiger partial charge in [-0.1, -0.05) is 30.0 Å². The van der Waals surface area contributed by atoms with E-state index in [1.54, 1.807) is 6.20 Å². The van der Waals surface area contributed by atoms with Crippen molar-refractivity contribution in [2.75, 3.05) is 23.0 Å². The number of non-ortho nitro benzene ring substituents is 1. The number of carbonyl (C=O) groups is 2. The van der Waals surface area contributed by atoms with Crippen molar-refractivity contribution in [3.05, 3.63) is 76.4 Å². The van der Waals surface area contributed by atoms with Gasteiger partial charge in [0.15, 0.2) is 15.8 Å². The number of nitro groups is 1. The molecule has 38 heavy (non-hydrogen) atoms. The monoisotopic (exact) mass is 557 g/mol. The van der Waals surface area contributed by atoms with Gasteiger partial charge in [-0.2, -0.15) is 5.10 Å². The first kappa shape index (κ1) is 26.7. The summed E-state index contributed by atoms with van der Waals surface area (Å²) in [7, 11) is 0. The fourth-order valence-corrected chi connectivity index (χ4v) is 4.57. The van der Waals surface area contributed by atoms with Crippen LogP contribution in [0.4, 0.5) is 20.9 Å². The van der Waals surface area contributed by atoms with E-state index in [-0.39, 0.29) is 33.9 Å². The highest BCUT2D eigenvalue weighted by atomic mass is 32.2. The number of hydrogen-bond donors (Lipinski definition) is 2. The van der Waals surface area contributed by atoms with Crippen molar-refractivity contribution in [2.45, 2.75) is 17.7 Å². The molecule has 0 unspecified atom stereocenters. The number of nitro benzene ring substituents is 1. The van der Waals surface area contributed by atoms with Gasteiger partial charge in [-0.25, -0.2) is 9.07 Å². The third kappa shape index (κ3) is 6.89. The number of halogens is 1. The normalized spacial score (nSPS) is 10.7. The largest absolute Gasteiger partial charge is 0.489 e. The van der Waals surface area contributed by atoms with Gasteiger partial charge in [0.1, 0.15) is 5.82 Å². The van der Waals surface area contributed by atoms with Crippen molar-refractivity contribution in [2.24, 2.45) is 0 Å². The molecule has 0 aliphatic rings. The third-order valence-corrected chi connectivity index (χ3v) is 6.74. The lowest BCUT2D eigenvalue weighted by Gasteiger charge is -2.04. The van der Waals surface area contributed by atoms with Crippen molar-refractivity contribution in [1.82, 2.24) is 20.0 Å². The average Bonchev–Trinajstić information content (AvgIpc) is 3.54. The number of anilines is 2. The van der Waals surface area contributed by atoms with Crippen LogP contribution in [-0.2, 0) is 4.79 Å². The first-order valence-corrected chi connectivity index (χ1v) is 12.9. The molecule has 0 saturated carbocycles. The van der Waals surface area contributed by atoms with Gasteiger partial charge in [-0.3, -0.25) is 25.0 Å². The van der Waals surface area contributed by atoms with Gasteiger partial charge in [0.2, 0.25) is 11.0 Å². The van der Waals surface area contributed by atoms with Crippen LogP contribution < -0.4 is 15.4 Å². The Morgan fingerprint density at radius 1 is 1.13 bits per heavy atom. The number of nitrogens with one attached hydrogen (secondary N) is 2. The van der Waals surface area contributed by atoms with E-state index in [4.69, 9.17) is 4.74 Å². The molecule has 15 heteroatoms. The number of benzene rings is 2. The van der Waals surface area contributed by atoms with E-state index in [1.165, 1.54) is 53.2 Å². The van der Waals surface area contributed by atoms with E-state index in [9.17, 15) is 24.1 Å². The van der Waals surface area contributed by atoms with Gasteiger partial charge in [0, 0.05) is 17.8 Å². The Hall–Kier alpha value is -4.37. The van der Waals surface area contributed by atoms with Crippen LogP contribution >= 0.6 is 23.1 Å². The SMILES string of the molecule is CCCOc1cn(-c2ccc(F)cc2)nc1C(=O)Nc1nnc(SCC(=O)Nc2ccc([N+](=O)[O-])cc2)s1. The molecular weight excluding hydrogens is 537 g/mol. The standard InChI is InChI=1S/C23H20FN7O5S2/c1-2-11-36-18-12-30(16-7-3-14(24)4-8-16)29-20(18)21(33)26-22-27-28-23(38-22)37-13-19(32)25-15-5-9-17(10-6-15)31(34)35/h3-10,12H,2,11,13H2,1H3,(H,25,32)(H,26,27,33). The molecule has 2 heterocycles. The molecule has 2 aromatic carbocycles. The lowest BCUT2D eigenvalue weighted by atomic mass is 10.3. The molecule has 4 aromatic rings. The molecule has 0 fully saturated rings. The molecule has 2 amide bonds. The first-order chi connectivity index (χ1) is 18.3. The Labute approximate surface area is 223 Å². The molecule has 0 radical (unpaired) electrons. The zero-order valence-electron chi connectivity index (χ0n) is 19.8. The number of ether oxygens (including phenoxy) is 1. The van der Waals surface area contributed by atoms with Crippen LogP contribution in [0.2, 0.25) is 0 Å². The zero-order valence-corrected chi connectivity index (χ0v) is 21.4. The van der Waals surface area contributed by atoms with Crippen molar-refractivity contribution in [3.8, 4) is 11.4 Å². The van der Waals surface area contributed by atoms with E-state index >= 15 is 0 Å². The summed E-state index contributed by atoms with van der Waals surface area (Å²) in [5, 5.41) is 28.4. The number of aromatic nitrogens is 4. The molecule has 2 N–H and O–H groups in total. The molecule has 0 aliphatic carbocycles. The van der Waals surface area contributed by atoms with Crippen molar-refractivity contribution in [3.63, 3.8) is 0 Å². The smallest absolute Gasteiger partial charge is 0.281 e. The number of nitrogens with zero attached hydrogens (tertiary/aromatic N) is 5. The highest BCUT2D eigenvalue weighted by molar-refractivity contribution is 8.01. The number of carbonyl (C=O) groups excluding carboxylic acids is 2. The Morgan fingerprint density at radius 2 is 1.87 bits per heavy atom. The number of rotatable bonds is 11. The van der Waals surface area contributed by atoms with Crippen molar-refractivity contribution in [1.29, 1.82) is 0 Å². The molecule has 4 rings (SSSR count). The molecule has 12 nitrogen and oxygen atoms in total. The quantitative estimate of drug-likeness (QED) is 0.117. The van der Waals surface area contributed by atoms with Gasteiger partial charge in [-0.15, -0.1) is 10.2 Å². The van der Waals surface area contributed by atoms with Crippen LogP contribution in [0, 0.1) is 15.9 Å². The maximum absolute atomic E-state index is 13.3. The van der Waals surface area contributed by atoms with Crippen molar-refractivity contribution >= 4 is 51.4 Å². The lowest BCUT2D eigenvalue weighted by Crippen LogP contribution is -2.14. The summed E-state index contributed by atoms with van der Waals surface area (Å²) in [6, 6.07) is 11.1. The molecule has 0 spiro atoms. The molecule has 0 atom stereocenters. The summed E-state index contributed by atoms with van der Waals surface area (Å²) < 4.78 is 20.8. The fraction of sp³-hybridized carbons (Fsp3) is 0.174. The summed E-state index contributed by atoms with van der Waals surface area (Å²) in [4.78, 5) is 35.4. The minimum atomic E-state index is -0.569. The van der Waals surface area contributed by atoms with Crippen LogP contribution in [0.1, 0.15) is 23.8 Å². The summed E-state index contributed by atoms with van der Waals surface area (Å²) in [6.07, 6.45) is 2.26.